The van der Waals surface area contributed by atoms with Crippen LogP contribution < -0.4 is 10.2 Å². The second kappa shape index (κ2) is 15.7. The summed E-state index contributed by atoms with van der Waals surface area (Å²) in [6, 6.07) is 8.75. The number of aromatic nitrogens is 2. The van der Waals surface area contributed by atoms with E-state index in [0.29, 0.717) is 59.6 Å². The Hall–Kier alpha value is -4.95. The number of H-pyrrole nitrogens is 1. The highest BCUT2D eigenvalue weighted by atomic mass is 19.3. The zero-order valence-corrected chi connectivity index (χ0v) is 34.2. The number of nitrogens with zero attached hydrogens (tertiary/aromatic N) is 4. The van der Waals surface area contributed by atoms with E-state index in [0.717, 1.165) is 85.8 Å². The van der Waals surface area contributed by atoms with Gasteiger partial charge in [-0.15, -0.1) is 0 Å². The summed E-state index contributed by atoms with van der Waals surface area (Å²) < 4.78 is 60.4. The van der Waals surface area contributed by atoms with Crippen LogP contribution in [0.1, 0.15) is 100 Å². The van der Waals surface area contributed by atoms with Crippen molar-refractivity contribution in [2.24, 2.45) is 29.6 Å². The number of Topliss-reactive ketones (excluding diaryl/α,β-unsaturated/α-hetero) is 2. The van der Waals surface area contributed by atoms with Crippen molar-refractivity contribution in [1.82, 2.24) is 25.3 Å². The van der Waals surface area contributed by atoms with Crippen molar-refractivity contribution in [3.63, 3.8) is 0 Å². The van der Waals surface area contributed by atoms with E-state index in [4.69, 9.17) is 0 Å². The number of piperidine rings is 3. The fourth-order valence-electron chi connectivity index (χ4n) is 11.8. The van der Waals surface area contributed by atoms with Crippen molar-refractivity contribution >= 4 is 40.0 Å². The summed E-state index contributed by atoms with van der Waals surface area (Å²) in [6.07, 6.45) is 5.50. The minimum atomic E-state index is -2.66. The van der Waals surface area contributed by atoms with Gasteiger partial charge in [-0.3, -0.25) is 34.5 Å². The molecule has 0 saturated carbocycles. The van der Waals surface area contributed by atoms with E-state index in [2.05, 4.69) is 20.4 Å². The van der Waals surface area contributed by atoms with Gasteiger partial charge in [-0.2, -0.15) is 5.10 Å². The third kappa shape index (κ3) is 7.16. The number of benzene rings is 3. The van der Waals surface area contributed by atoms with Gasteiger partial charge in [0.25, 0.3) is 6.43 Å². The van der Waals surface area contributed by atoms with E-state index in [9.17, 15) is 28.0 Å². The molecule has 2 N–H and O–H groups in total. The first-order valence-corrected chi connectivity index (χ1v) is 21.9. The van der Waals surface area contributed by atoms with Gasteiger partial charge in [0, 0.05) is 59.9 Å². The number of anilines is 1. The molecule has 10 nitrogen and oxygen atoms in total. The molecule has 320 valence electrons. The minimum Gasteiger partial charge on any atom is -0.371 e. The van der Waals surface area contributed by atoms with Crippen LogP contribution in [-0.2, 0) is 28.9 Å². The van der Waals surface area contributed by atoms with Crippen molar-refractivity contribution in [2.75, 3.05) is 44.2 Å². The van der Waals surface area contributed by atoms with Gasteiger partial charge in [-0.25, -0.2) is 17.6 Å². The van der Waals surface area contributed by atoms with E-state index < -0.39 is 48.4 Å². The molecule has 14 heteroatoms. The van der Waals surface area contributed by atoms with E-state index in [1.807, 2.05) is 24.0 Å². The number of rotatable bonds is 8. The van der Waals surface area contributed by atoms with Gasteiger partial charge in [-0.05, 0) is 142 Å². The topological polar surface area (TPSA) is 119 Å². The Bertz CT molecular complexity index is 2370. The van der Waals surface area contributed by atoms with Gasteiger partial charge >= 0.3 is 0 Å². The lowest BCUT2D eigenvalue weighted by atomic mass is 9.81. The third-order valence-electron chi connectivity index (χ3n) is 15.0. The number of nitrogens with one attached hydrogen (secondary N) is 2. The second-order valence-electron chi connectivity index (χ2n) is 18.5. The monoisotopic (exact) mass is 838 g/mol. The number of hydrogen-bond donors (Lipinski definition) is 2. The average molecular weight is 839 g/mol. The Morgan fingerprint density at radius 1 is 0.820 bits per heavy atom. The van der Waals surface area contributed by atoms with Crippen LogP contribution in [0.25, 0.3) is 10.9 Å². The number of imide groups is 1. The number of carbonyl (C=O) groups excluding carboxylic acids is 4. The number of ketones is 2. The van der Waals surface area contributed by atoms with Crippen molar-refractivity contribution in [3.05, 3.63) is 93.2 Å². The lowest BCUT2D eigenvalue weighted by molar-refractivity contribution is -0.137. The molecule has 10 rings (SSSR count). The molecule has 3 fully saturated rings. The molecule has 2 amide bonds. The molecule has 1 aromatic heterocycles. The first kappa shape index (κ1) is 40.1. The van der Waals surface area contributed by atoms with E-state index >= 15 is 8.78 Å². The van der Waals surface area contributed by atoms with Crippen LogP contribution in [-0.4, -0.2) is 95.1 Å². The molecular weight excluding hydrogens is 789 g/mol. The minimum absolute atomic E-state index is 0.129. The molecule has 4 aliphatic heterocycles. The molecule has 1 unspecified atom stereocenters. The van der Waals surface area contributed by atoms with Gasteiger partial charge in [0.15, 0.2) is 11.6 Å². The predicted molar refractivity (Wildman–Crippen MR) is 220 cm³/mol. The largest absolute Gasteiger partial charge is 0.371 e. The highest BCUT2D eigenvalue weighted by Gasteiger charge is 2.48. The van der Waals surface area contributed by atoms with E-state index in [-0.39, 0.29) is 41.9 Å². The lowest BCUT2D eigenvalue weighted by Gasteiger charge is -2.42. The second-order valence-corrected chi connectivity index (χ2v) is 18.5. The summed E-state index contributed by atoms with van der Waals surface area (Å²) in [7, 11) is 0. The van der Waals surface area contributed by atoms with Gasteiger partial charge in [0.05, 0.1) is 36.1 Å². The highest BCUT2D eigenvalue weighted by Crippen LogP contribution is 2.45. The first-order valence-electron chi connectivity index (χ1n) is 21.9. The molecule has 3 aromatic carbocycles. The van der Waals surface area contributed by atoms with E-state index in [1.54, 1.807) is 18.3 Å². The van der Waals surface area contributed by atoms with Crippen LogP contribution in [0.4, 0.5) is 23.2 Å². The SMILES string of the molecule is C[C@@H]1Cc2c(ccc3[nH]ncc23)[C@@H](c2c(F)cc(N3CCC(CN4CCC(C5Cc6cc7c(cc6C5)C(=O)C(C5CCC(=O)NC5=O)C7=O)CC4)CC3)cc2F)N1CC(F)F. The van der Waals surface area contributed by atoms with Crippen molar-refractivity contribution in [3.8, 4) is 0 Å². The summed E-state index contributed by atoms with van der Waals surface area (Å²) in [5.41, 5.74) is 5.64. The fraction of sp³-hybridized carbons (Fsp3) is 0.511. The molecular formula is C47H50F4N6O4. The summed E-state index contributed by atoms with van der Waals surface area (Å²) in [5, 5.41) is 10.2. The number of carbonyl (C=O) groups is 4. The van der Waals surface area contributed by atoms with Crippen LogP contribution in [0.3, 0.4) is 0 Å². The maximum absolute atomic E-state index is 16.3. The Labute approximate surface area is 351 Å². The molecule has 5 heterocycles. The van der Waals surface area contributed by atoms with Gasteiger partial charge < -0.3 is 9.80 Å². The number of fused-ring (bicyclic) bond motifs is 5. The average Bonchev–Trinajstić information content (AvgIpc) is 3.95. The molecule has 2 aliphatic carbocycles. The Kier molecular flexibility index (Phi) is 10.4. The Morgan fingerprint density at radius 3 is 2.13 bits per heavy atom. The molecule has 0 spiro atoms. The Balaban J connectivity index is 0.742. The highest BCUT2D eigenvalue weighted by molar-refractivity contribution is 6.28. The zero-order valence-electron chi connectivity index (χ0n) is 34.2. The fourth-order valence-corrected chi connectivity index (χ4v) is 11.8. The molecule has 61 heavy (non-hydrogen) atoms. The van der Waals surface area contributed by atoms with Crippen molar-refractivity contribution in [2.45, 2.75) is 83.2 Å². The number of aromatic amines is 1. The van der Waals surface area contributed by atoms with Crippen molar-refractivity contribution in [1.29, 1.82) is 0 Å². The number of likely N-dealkylation sites (tertiary alicyclic amines) is 1. The van der Waals surface area contributed by atoms with Crippen molar-refractivity contribution < 1.29 is 36.7 Å². The molecule has 6 aliphatic rings. The molecule has 3 atom stereocenters. The predicted octanol–water partition coefficient (Wildman–Crippen LogP) is 6.83. The lowest BCUT2D eigenvalue weighted by Crippen LogP contribution is -2.46. The van der Waals surface area contributed by atoms with Crippen LogP contribution in [0.5, 0.6) is 0 Å². The Morgan fingerprint density at radius 2 is 1.49 bits per heavy atom. The van der Waals surface area contributed by atoms with Crippen LogP contribution in [0, 0.1) is 41.2 Å². The normalized spacial score (nSPS) is 24.9. The number of halogens is 4. The van der Waals surface area contributed by atoms with Gasteiger partial charge in [0.2, 0.25) is 11.8 Å². The maximum Gasteiger partial charge on any atom is 0.251 e. The summed E-state index contributed by atoms with van der Waals surface area (Å²) in [4.78, 5) is 57.2. The first-order chi connectivity index (χ1) is 29.4. The molecule has 0 radical (unpaired) electrons. The number of amides is 2. The number of hydrogen-bond acceptors (Lipinski definition) is 8. The zero-order chi connectivity index (χ0) is 42.3. The van der Waals surface area contributed by atoms with Crippen LogP contribution >= 0.6 is 0 Å². The molecule has 0 bridgehead atoms. The number of alkyl halides is 2. The molecule has 3 saturated heterocycles. The van der Waals surface area contributed by atoms with E-state index in [1.165, 1.54) is 17.0 Å². The van der Waals surface area contributed by atoms with Gasteiger partial charge in [-0.1, -0.05) is 6.07 Å². The molecule has 4 aromatic rings. The maximum atomic E-state index is 16.3. The quantitative estimate of drug-likeness (QED) is 0.113. The van der Waals surface area contributed by atoms with Crippen LogP contribution in [0.2, 0.25) is 0 Å². The smallest absolute Gasteiger partial charge is 0.251 e. The van der Waals surface area contributed by atoms with Crippen LogP contribution in [0.15, 0.2) is 42.6 Å². The summed E-state index contributed by atoms with van der Waals surface area (Å²) in [5.74, 6) is -3.37. The van der Waals surface area contributed by atoms with Gasteiger partial charge in [0.1, 0.15) is 11.6 Å². The summed E-state index contributed by atoms with van der Waals surface area (Å²) in [6.45, 7) is 5.53. The standard InChI is InChI=1S/C47H50F4N6O4/c1-24-14-33-31(2-4-39-36(33)21-52-54-39)44(57(24)23-40(50)51)43-37(48)19-30(20-38(43)49)56-12-6-25(7-13-56)22-55-10-8-26(9-11-55)27-15-28-17-34-35(18-29(28)16-27)46(60)42(45(34)59)32-3-5-41(58)53-47(32)61/h2,4,17-21,24-27,32,40,42,44H,3,5-16,22-23H2,1H3,(H,52,54)(H,53,58,61)/t24-,27?,32?,42?,44+/m1/s1. The third-order valence-corrected chi connectivity index (χ3v) is 15.0. The summed E-state index contributed by atoms with van der Waals surface area (Å²) >= 11 is 0.